The molecule has 1 amide bonds. The van der Waals surface area contributed by atoms with Gasteiger partial charge in [-0.3, -0.25) is 14.5 Å². The number of amides is 1. The minimum atomic E-state index is -0.797. The smallest absolute Gasteiger partial charge is 0.294 e. The van der Waals surface area contributed by atoms with E-state index in [-0.39, 0.29) is 16.8 Å². The Hall–Kier alpha value is -2.82. The van der Waals surface area contributed by atoms with Gasteiger partial charge in [-0.05, 0) is 35.2 Å². The molecule has 148 valence electrons. The highest BCUT2D eigenvalue weighted by atomic mass is 16.3. The Balaban J connectivity index is 2.12. The fourth-order valence-corrected chi connectivity index (χ4v) is 3.35. The number of furan rings is 1. The van der Waals surface area contributed by atoms with Gasteiger partial charge in [-0.1, -0.05) is 53.7 Å². The molecule has 1 unspecified atom stereocenters. The number of nitrogens with zero attached hydrogens (tertiary/aromatic N) is 1. The molecule has 1 aromatic carbocycles. The summed E-state index contributed by atoms with van der Waals surface area (Å²) in [7, 11) is 0. The second-order valence-corrected chi connectivity index (χ2v) is 9.23. The third kappa shape index (κ3) is 3.37. The minimum absolute atomic E-state index is 0.0261. The highest BCUT2D eigenvalue weighted by molar-refractivity contribution is 6.17. The third-order valence-corrected chi connectivity index (χ3v) is 4.96. The Morgan fingerprint density at radius 3 is 2.11 bits per heavy atom. The number of carbonyl (C=O) groups is 2. The molecule has 5 heteroatoms. The van der Waals surface area contributed by atoms with Crippen LogP contribution in [0.15, 0.2) is 58.4 Å². The fraction of sp³-hybridized carbons (Fsp3) is 0.391. The summed E-state index contributed by atoms with van der Waals surface area (Å²) in [5, 5.41) is 10.6. The van der Waals surface area contributed by atoms with E-state index in [2.05, 4.69) is 20.8 Å². The molecule has 0 fully saturated rings. The van der Waals surface area contributed by atoms with E-state index in [1.54, 1.807) is 32.9 Å². The fourth-order valence-electron chi connectivity index (χ4n) is 3.35. The van der Waals surface area contributed by atoms with Crippen molar-refractivity contribution >= 4 is 17.4 Å². The summed E-state index contributed by atoms with van der Waals surface area (Å²) in [4.78, 5) is 27.4. The van der Waals surface area contributed by atoms with Gasteiger partial charge >= 0.3 is 0 Å². The van der Waals surface area contributed by atoms with Gasteiger partial charge in [0.15, 0.2) is 11.5 Å². The molecule has 1 aromatic heterocycles. The van der Waals surface area contributed by atoms with Crippen LogP contribution < -0.4 is 4.90 Å². The lowest BCUT2D eigenvalue weighted by Crippen LogP contribution is -2.32. The maximum atomic E-state index is 13.1. The number of hydrogen-bond acceptors (Lipinski definition) is 4. The summed E-state index contributed by atoms with van der Waals surface area (Å²) in [5.74, 6) is -0.961. The average Bonchev–Trinajstić information content (AvgIpc) is 3.20. The van der Waals surface area contributed by atoms with Crippen molar-refractivity contribution in [3.8, 4) is 0 Å². The molecule has 0 bridgehead atoms. The van der Waals surface area contributed by atoms with Gasteiger partial charge in [0, 0.05) is 11.1 Å². The van der Waals surface area contributed by atoms with E-state index in [1.165, 1.54) is 11.2 Å². The molecule has 1 aliphatic heterocycles. The first kappa shape index (κ1) is 19.9. The van der Waals surface area contributed by atoms with E-state index in [1.807, 2.05) is 24.3 Å². The second-order valence-electron chi connectivity index (χ2n) is 9.23. The maximum absolute atomic E-state index is 13.1. The van der Waals surface area contributed by atoms with Crippen LogP contribution in [0.4, 0.5) is 5.69 Å². The predicted octanol–water partition coefficient (Wildman–Crippen LogP) is 5.09. The molecule has 1 N–H and O–H groups in total. The molecule has 28 heavy (non-hydrogen) atoms. The van der Waals surface area contributed by atoms with Crippen molar-refractivity contribution in [1.29, 1.82) is 0 Å². The summed E-state index contributed by atoms with van der Waals surface area (Å²) in [6.07, 6.45) is 1.50. The Labute approximate surface area is 165 Å². The van der Waals surface area contributed by atoms with Crippen LogP contribution in [0.5, 0.6) is 0 Å². The summed E-state index contributed by atoms with van der Waals surface area (Å²) < 4.78 is 5.55. The van der Waals surface area contributed by atoms with Gasteiger partial charge < -0.3 is 9.52 Å². The molecule has 2 aromatic rings. The Morgan fingerprint density at radius 2 is 1.64 bits per heavy atom. The molecule has 0 radical (unpaired) electrons. The van der Waals surface area contributed by atoms with E-state index in [9.17, 15) is 14.7 Å². The Morgan fingerprint density at radius 1 is 1.04 bits per heavy atom. The lowest BCUT2D eigenvalue weighted by Gasteiger charge is -2.28. The SMILES string of the molecule is CC(C)(C)C(=O)C1=C(O)C(=O)N(c2ccc(C(C)(C)C)cc2)C1c1ccco1. The number of aliphatic hydroxyl groups excluding tert-OH is 1. The largest absolute Gasteiger partial charge is 0.503 e. The minimum Gasteiger partial charge on any atom is -0.503 e. The quantitative estimate of drug-likeness (QED) is 0.804. The standard InChI is InChI=1S/C23H27NO4/c1-22(2,3)14-9-11-15(12-10-14)24-18(16-8-7-13-28-16)17(19(25)21(24)27)20(26)23(4,5)6/h7-13,18,25H,1-6H3. The van der Waals surface area contributed by atoms with Crippen LogP contribution in [0.3, 0.4) is 0 Å². The first-order valence-corrected chi connectivity index (χ1v) is 9.38. The van der Waals surface area contributed by atoms with Crippen LogP contribution in [-0.2, 0) is 15.0 Å². The van der Waals surface area contributed by atoms with Crippen molar-refractivity contribution in [1.82, 2.24) is 0 Å². The third-order valence-electron chi connectivity index (χ3n) is 4.96. The van der Waals surface area contributed by atoms with Gasteiger partial charge in [0.2, 0.25) is 0 Å². The lowest BCUT2D eigenvalue weighted by atomic mass is 9.83. The summed E-state index contributed by atoms with van der Waals surface area (Å²) >= 11 is 0. The van der Waals surface area contributed by atoms with Crippen LogP contribution in [0, 0.1) is 5.41 Å². The van der Waals surface area contributed by atoms with Crippen molar-refractivity contribution < 1.29 is 19.1 Å². The summed E-state index contributed by atoms with van der Waals surface area (Å²) in [5.41, 5.74) is 1.03. The highest BCUT2D eigenvalue weighted by Crippen LogP contribution is 2.43. The Kier molecular flexibility index (Phi) is 4.74. The van der Waals surface area contributed by atoms with Crippen molar-refractivity contribution in [2.75, 3.05) is 4.90 Å². The van der Waals surface area contributed by atoms with Crippen LogP contribution in [-0.4, -0.2) is 16.8 Å². The van der Waals surface area contributed by atoms with Crippen LogP contribution in [0.25, 0.3) is 0 Å². The van der Waals surface area contributed by atoms with E-state index >= 15 is 0 Å². The molecular weight excluding hydrogens is 354 g/mol. The molecule has 1 aliphatic rings. The van der Waals surface area contributed by atoms with Gasteiger partial charge in [0.25, 0.3) is 5.91 Å². The van der Waals surface area contributed by atoms with Gasteiger partial charge in [-0.25, -0.2) is 0 Å². The van der Waals surface area contributed by atoms with Gasteiger partial charge in [0.1, 0.15) is 11.8 Å². The zero-order valence-corrected chi connectivity index (χ0v) is 17.2. The molecule has 1 atom stereocenters. The molecule has 0 spiro atoms. The summed E-state index contributed by atoms with van der Waals surface area (Å²) in [6, 6.07) is 10.2. The number of hydrogen-bond donors (Lipinski definition) is 1. The maximum Gasteiger partial charge on any atom is 0.294 e. The summed E-state index contributed by atoms with van der Waals surface area (Å²) in [6.45, 7) is 11.6. The highest BCUT2D eigenvalue weighted by Gasteiger charge is 2.47. The number of anilines is 1. The molecular formula is C23H27NO4. The van der Waals surface area contributed by atoms with Crippen molar-refractivity contribution in [2.24, 2.45) is 5.41 Å². The topological polar surface area (TPSA) is 70.8 Å². The van der Waals surface area contributed by atoms with Crippen molar-refractivity contribution in [3.05, 3.63) is 65.3 Å². The van der Waals surface area contributed by atoms with Crippen molar-refractivity contribution in [2.45, 2.75) is 53.0 Å². The molecule has 0 saturated heterocycles. The number of ketones is 1. The zero-order chi connectivity index (χ0) is 20.9. The van der Waals surface area contributed by atoms with Gasteiger partial charge in [-0.2, -0.15) is 0 Å². The molecule has 3 rings (SSSR count). The number of rotatable bonds is 3. The van der Waals surface area contributed by atoms with Gasteiger partial charge in [0.05, 0.1) is 11.8 Å². The van der Waals surface area contributed by atoms with Gasteiger partial charge in [-0.15, -0.1) is 0 Å². The molecule has 2 heterocycles. The molecule has 0 saturated carbocycles. The van der Waals surface area contributed by atoms with E-state index < -0.39 is 23.1 Å². The van der Waals surface area contributed by atoms with Crippen LogP contribution in [0.2, 0.25) is 0 Å². The van der Waals surface area contributed by atoms with E-state index in [4.69, 9.17) is 4.42 Å². The van der Waals surface area contributed by atoms with E-state index in [0.29, 0.717) is 11.4 Å². The molecule has 5 nitrogen and oxygen atoms in total. The molecule has 0 aliphatic carbocycles. The lowest BCUT2D eigenvalue weighted by molar-refractivity contribution is -0.123. The van der Waals surface area contributed by atoms with Crippen LogP contribution in [0.1, 0.15) is 58.9 Å². The predicted molar refractivity (Wildman–Crippen MR) is 108 cm³/mol. The number of benzene rings is 1. The zero-order valence-electron chi connectivity index (χ0n) is 17.2. The van der Waals surface area contributed by atoms with E-state index in [0.717, 1.165) is 5.56 Å². The first-order valence-electron chi connectivity index (χ1n) is 9.38. The monoisotopic (exact) mass is 381 g/mol. The number of Topliss-reactive ketones (excluding diaryl/α,β-unsaturated/α-hetero) is 1. The number of aliphatic hydroxyl groups is 1. The normalized spacial score (nSPS) is 18.1. The second kappa shape index (κ2) is 6.66. The first-order chi connectivity index (χ1) is 12.9. The Bertz CT molecular complexity index is 922. The number of carbonyl (C=O) groups excluding carboxylic acids is 2. The van der Waals surface area contributed by atoms with Crippen molar-refractivity contribution in [3.63, 3.8) is 0 Å². The average molecular weight is 381 g/mol. The van der Waals surface area contributed by atoms with Crippen LogP contribution >= 0.6 is 0 Å².